The van der Waals surface area contributed by atoms with Gasteiger partial charge in [-0.25, -0.2) is 19.3 Å². The summed E-state index contributed by atoms with van der Waals surface area (Å²) in [6.45, 7) is 2.25. The van der Waals surface area contributed by atoms with Crippen molar-refractivity contribution >= 4 is 22.9 Å². The fraction of sp³-hybridized carbons (Fsp3) is 0.176. The second kappa shape index (κ2) is 7.27. The zero-order valence-corrected chi connectivity index (χ0v) is 13.8. The minimum atomic E-state index is -0.341. The molecule has 0 radical (unpaired) electrons. The molecule has 122 valence electrons. The molecule has 3 aromatic rings. The van der Waals surface area contributed by atoms with Crippen LogP contribution in [0.2, 0.25) is 0 Å². The van der Waals surface area contributed by atoms with Gasteiger partial charge in [-0.1, -0.05) is 0 Å². The second-order valence-corrected chi connectivity index (χ2v) is 6.30. The molecule has 0 aliphatic rings. The molecule has 0 atom stereocenters. The Hall–Kier alpha value is -2.67. The summed E-state index contributed by atoms with van der Waals surface area (Å²) in [7, 11) is 0. The number of benzene rings is 1. The van der Waals surface area contributed by atoms with Crippen molar-refractivity contribution in [1.29, 1.82) is 0 Å². The van der Waals surface area contributed by atoms with Gasteiger partial charge in [0.2, 0.25) is 5.91 Å². The molecule has 0 fully saturated rings. The summed E-state index contributed by atoms with van der Waals surface area (Å²) in [6, 6.07) is 5.86. The predicted molar refractivity (Wildman–Crippen MR) is 90.2 cm³/mol. The molecule has 7 heteroatoms. The standard InChI is InChI=1S/C17H15FN4OS/c1-12-21-15(10-24-12)9-22(16-4-2-14(18)3-5-16)17(23)6-13-7-19-11-20-8-13/h2-5,7-8,10-11H,6,9H2,1H3. The normalized spacial score (nSPS) is 10.6. The van der Waals surface area contributed by atoms with E-state index in [1.807, 2.05) is 12.3 Å². The SMILES string of the molecule is Cc1nc(CN(C(=O)Cc2cncnc2)c2ccc(F)cc2)cs1. The first-order valence-electron chi connectivity index (χ1n) is 7.32. The summed E-state index contributed by atoms with van der Waals surface area (Å²) in [6.07, 6.45) is 4.81. The van der Waals surface area contributed by atoms with E-state index in [1.54, 1.807) is 29.4 Å². The molecule has 2 aromatic heterocycles. The van der Waals surface area contributed by atoms with Crippen LogP contribution in [0.1, 0.15) is 16.3 Å². The zero-order chi connectivity index (χ0) is 16.9. The van der Waals surface area contributed by atoms with Gasteiger partial charge in [0.05, 0.1) is 23.7 Å². The van der Waals surface area contributed by atoms with Gasteiger partial charge < -0.3 is 4.90 Å². The number of rotatable bonds is 5. The Labute approximate surface area is 142 Å². The summed E-state index contributed by atoms with van der Waals surface area (Å²) in [5.74, 6) is -0.464. The third kappa shape index (κ3) is 3.99. The Bertz CT molecular complexity index is 820. The second-order valence-electron chi connectivity index (χ2n) is 5.24. The van der Waals surface area contributed by atoms with E-state index in [0.717, 1.165) is 16.3 Å². The van der Waals surface area contributed by atoms with E-state index in [4.69, 9.17) is 0 Å². The van der Waals surface area contributed by atoms with Crippen molar-refractivity contribution in [2.45, 2.75) is 19.9 Å². The van der Waals surface area contributed by atoms with Gasteiger partial charge in [-0.15, -0.1) is 11.3 Å². The molecule has 24 heavy (non-hydrogen) atoms. The Morgan fingerprint density at radius 3 is 2.54 bits per heavy atom. The van der Waals surface area contributed by atoms with Crippen molar-refractivity contribution in [3.05, 3.63) is 70.4 Å². The Balaban J connectivity index is 1.85. The van der Waals surface area contributed by atoms with E-state index in [1.165, 1.54) is 29.8 Å². The van der Waals surface area contributed by atoms with Gasteiger partial charge in [-0.05, 0) is 36.8 Å². The average molecular weight is 342 g/mol. The molecule has 1 amide bonds. The monoisotopic (exact) mass is 342 g/mol. The first-order valence-corrected chi connectivity index (χ1v) is 8.20. The third-order valence-electron chi connectivity index (χ3n) is 3.40. The molecular formula is C17H15FN4OS. The Morgan fingerprint density at radius 2 is 1.92 bits per heavy atom. The number of nitrogens with zero attached hydrogens (tertiary/aromatic N) is 4. The molecule has 0 aliphatic heterocycles. The maximum absolute atomic E-state index is 13.2. The zero-order valence-electron chi connectivity index (χ0n) is 13.0. The maximum Gasteiger partial charge on any atom is 0.231 e. The number of thiazole rings is 1. The van der Waals surface area contributed by atoms with E-state index >= 15 is 0 Å². The van der Waals surface area contributed by atoms with E-state index in [0.29, 0.717) is 12.2 Å². The summed E-state index contributed by atoms with van der Waals surface area (Å²) in [4.78, 5) is 26.6. The summed E-state index contributed by atoms with van der Waals surface area (Å²) in [5.41, 5.74) is 2.16. The van der Waals surface area contributed by atoms with Crippen LogP contribution >= 0.6 is 11.3 Å². The van der Waals surface area contributed by atoms with Crippen LogP contribution in [0.4, 0.5) is 10.1 Å². The smallest absolute Gasteiger partial charge is 0.231 e. The lowest BCUT2D eigenvalue weighted by Gasteiger charge is -2.22. The van der Waals surface area contributed by atoms with Crippen molar-refractivity contribution in [2.24, 2.45) is 0 Å². The molecule has 0 aliphatic carbocycles. The van der Waals surface area contributed by atoms with Crippen LogP contribution in [0.15, 0.2) is 48.4 Å². The van der Waals surface area contributed by atoms with E-state index < -0.39 is 0 Å². The van der Waals surface area contributed by atoms with Gasteiger partial charge in [0.15, 0.2) is 0 Å². The Kier molecular flexibility index (Phi) is 4.90. The summed E-state index contributed by atoms with van der Waals surface area (Å²) in [5, 5.41) is 2.86. The van der Waals surface area contributed by atoms with Gasteiger partial charge in [-0.3, -0.25) is 4.79 Å². The fourth-order valence-electron chi connectivity index (χ4n) is 2.28. The third-order valence-corrected chi connectivity index (χ3v) is 4.22. The summed E-state index contributed by atoms with van der Waals surface area (Å²) >= 11 is 1.53. The highest BCUT2D eigenvalue weighted by Gasteiger charge is 2.18. The molecule has 0 N–H and O–H groups in total. The average Bonchev–Trinajstić information content (AvgIpc) is 3.00. The number of halogens is 1. The lowest BCUT2D eigenvalue weighted by Crippen LogP contribution is -2.32. The molecule has 0 saturated heterocycles. The van der Waals surface area contributed by atoms with Crippen LogP contribution in [0.25, 0.3) is 0 Å². The minimum Gasteiger partial charge on any atom is -0.306 e. The topological polar surface area (TPSA) is 59.0 Å². The molecule has 0 bridgehead atoms. The molecule has 1 aromatic carbocycles. The van der Waals surface area contributed by atoms with Crippen molar-refractivity contribution in [3.8, 4) is 0 Å². The van der Waals surface area contributed by atoms with Gasteiger partial charge in [0.1, 0.15) is 12.1 Å². The fourth-order valence-corrected chi connectivity index (χ4v) is 2.88. The highest BCUT2D eigenvalue weighted by atomic mass is 32.1. The molecule has 2 heterocycles. The first-order chi connectivity index (χ1) is 11.6. The minimum absolute atomic E-state index is 0.123. The van der Waals surface area contributed by atoms with Crippen LogP contribution in [0.5, 0.6) is 0 Å². The van der Waals surface area contributed by atoms with Gasteiger partial charge in [-0.2, -0.15) is 0 Å². The van der Waals surface area contributed by atoms with E-state index in [9.17, 15) is 9.18 Å². The van der Waals surface area contributed by atoms with Gasteiger partial charge in [0.25, 0.3) is 0 Å². The van der Waals surface area contributed by atoms with Crippen LogP contribution in [-0.2, 0) is 17.8 Å². The largest absolute Gasteiger partial charge is 0.306 e. The molecule has 0 unspecified atom stereocenters. The van der Waals surface area contributed by atoms with E-state index in [2.05, 4.69) is 15.0 Å². The number of hydrogen-bond acceptors (Lipinski definition) is 5. The lowest BCUT2D eigenvalue weighted by atomic mass is 10.2. The van der Waals surface area contributed by atoms with Crippen LogP contribution in [-0.4, -0.2) is 20.9 Å². The predicted octanol–water partition coefficient (Wildman–Crippen LogP) is 3.16. The quantitative estimate of drug-likeness (QED) is 0.715. The number of aryl methyl sites for hydroxylation is 1. The number of carbonyl (C=O) groups excluding carboxylic acids is 1. The molecular weight excluding hydrogens is 327 g/mol. The van der Waals surface area contributed by atoms with Crippen molar-refractivity contribution < 1.29 is 9.18 Å². The highest BCUT2D eigenvalue weighted by Crippen LogP contribution is 2.20. The van der Waals surface area contributed by atoms with Gasteiger partial charge in [0, 0.05) is 23.5 Å². The molecule has 0 saturated carbocycles. The van der Waals surface area contributed by atoms with Crippen LogP contribution in [0, 0.1) is 12.7 Å². The maximum atomic E-state index is 13.2. The van der Waals surface area contributed by atoms with Crippen molar-refractivity contribution in [2.75, 3.05) is 4.90 Å². The number of hydrogen-bond donors (Lipinski definition) is 0. The van der Waals surface area contributed by atoms with Crippen molar-refractivity contribution in [1.82, 2.24) is 15.0 Å². The van der Waals surface area contributed by atoms with E-state index in [-0.39, 0.29) is 18.1 Å². The molecule has 0 spiro atoms. The van der Waals surface area contributed by atoms with Gasteiger partial charge >= 0.3 is 0 Å². The number of anilines is 1. The molecule has 3 rings (SSSR count). The molecule has 5 nitrogen and oxygen atoms in total. The summed E-state index contributed by atoms with van der Waals surface area (Å²) < 4.78 is 13.2. The highest BCUT2D eigenvalue weighted by molar-refractivity contribution is 7.09. The number of carbonyl (C=O) groups is 1. The number of amides is 1. The van der Waals surface area contributed by atoms with Crippen LogP contribution < -0.4 is 4.90 Å². The lowest BCUT2D eigenvalue weighted by molar-refractivity contribution is -0.118. The Morgan fingerprint density at radius 1 is 1.21 bits per heavy atom. The first kappa shape index (κ1) is 16.2. The number of aromatic nitrogens is 3. The van der Waals surface area contributed by atoms with Crippen LogP contribution in [0.3, 0.4) is 0 Å². The van der Waals surface area contributed by atoms with Crippen molar-refractivity contribution in [3.63, 3.8) is 0 Å².